The zero-order valence-electron chi connectivity index (χ0n) is 19.9. The molecular weight excluding hydrogens is 468 g/mol. The molecule has 0 aliphatic carbocycles. The van der Waals surface area contributed by atoms with Crippen molar-refractivity contribution in [2.75, 3.05) is 23.4 Å². The molecule has 1 fully saturated rings. The third-order valence-electron chi connectivity index (χ3n) is 5.81. The average molecular weight is 499 g/mol. The number of amides is 2. The van der Waals surface area contributed by atoms with Gasteiger partial charge in [0.25, 0.3) is 5.91 Å². The smallest absolute Gasteiger partial charge is 0.271 e. The second-order valence-electron chi connectivity index (χ2n) is 8.83. The maximum atomic E-state index is 13.2. The summed E-state index contributed by atoms with van der Waals surface area (Å²) in [7, 11) is -3.70. The quantitative estimate of drug-likeness (QED) is 0.625. The Bertz CT molecular complexity index is 1220. The van der Waals surface area contributed by atoms with Gasteiger partial charge in [-0.05, 0) is 57.0 Å². The minimum Gasteiger partial charge on any atom is -0.489 e. The number of sulfonamides is 1. The Hall–Kier alpha value is -3.24. The van der Waals surface area contributed by atoms with E-state index in [1.54, 1.807) is 30.3 Å². The van der Waals surface area contributed by atoms with Crippen LogP contribution in [-0.4, -0.2) is 49.4 Å². The number of piperidine rings is 1. The van der Waals surface area contributed by atoms with Crippen molar-refractivity contribution in [2.45, 2.75) is 57.0 Å². The molecule has 0 saturated carbocycles. The van der Waals surface area contributed by atoms with Gasteiger partial charge in [0.15, 0.2) is 0 Å². The van der Waals surface area contributed by atoms with E-state index in [0.717, 1.165) is 19.3 Å². The van der Waals surface area contributed by atoms with Crippen LogP contribution in [0.15, 0.2) is 58.5 Å². The summed E-state index contributed by atoms with van der Waals surface area (Å²) in [6.07, 6.45) is 2.80. The number of hydrogen-bond donors (Lipinski definition) is 1. The molecule has 2 heterocycles. The van der Waals surface area contributed by atoms with E-state index in [-0.39, 0.29) is 41.1 Å². The van der Waals surface area contributed by atoms with E-state index in [4.69, 9.17) is 4.74 Å². The Labute approximate surface area is 205 Å². The molecule has 4 rings (SSSR count). The highest BCUT2D eigenvalue weighted by Gasteiger charge is 2.29. The number of para-hydroxylation sites is 1. The number of ether oxygens (including phenoxy) is 1. The summed E-state index contributed by atoms with van der Waals surface area (Å²) in [5.74, 6) is -0.357. The van der Waals surface area contributed by atoms with Crippen LogP contribution in [0, 0.1) is 0 Å². The maximum Gasteiger partial charge on any atom is 0.271 e. The van der Waals surface area contributed by atoms with Crippen LogP contribution in [0.3, 0.4) is 0 Å². The summed E-state index contributed by atoms with van der Waals surface area (Å²) in [5, 5.41) is 8.28. The number of nitrogens with one attached hydrogen (secondary N) is 1. The number of carbonyl (C=O) groups is 2. The van der Waals surface area contributed by atoms with Crippen LogP contribution in [0.1, 0.15) is 46.0 Å². The van der Waals surface area contributed by atoms with Crippen LogP contribution in [-0.2, 0) is 19.6 Å². The van der Waals surface area contributed by atoms with Crippen molar-refractivity contribution in [3.8, 4) is 5.75 Å². The Morgan fingerprint density at radius 3 is 2.43 bits per heavy atom. The first-order valence-corrected chi connectivity index (χ1v) is 13.3. The van der Waals surface area contributed by atoms with Crippen LogP contribution in [0.25, 0.3) is 0 Å². The number of hydrazone groups is 1. The van der Waals surface area contributed by atoms with Crippen LogP contribution in [0.4, 0.5) is 11.4 Å². The first-order valence-electron chi connectivity index (χ1n) is 11.8. The van der Waals surface area contributed by atoms with Gasteiger partial charge in [-0.25, -0.2) is 13.4 Å². The summed E-state index contributed by atoms with van der Waals surface area (Å²) < 4.78 is 33.7. The van der Waals surface area contributed by atoms with E-state index >= 15 is 0 Å². The van der Waals surface area contributed by atoms with Gasteiger partial charge in [-0.3, -0.25) is 9.59 Å². The Morgan fingerprint density at radius 2 is 1.74 bits per heavy atom. The highest BCUT2D eigenvalue weighted by molar-refractivity contribution is 7.89. The van der Waals surface area contributed by atoms with Crippen molar-refractivity contribution in [1.82, 2.24) is 4.31 Å². The number of anilines is 2. The molecule has 2 aromatic rings. The number of benzene rings is 2. The summed E-state index contributed by atoms with van der Waals surface area (Å²) in [6.45, 7) is 4.65. The molecule has 2 aliphatic rings. The van der Waals surface area contributed by atoms with Gasteiger partial charge in [0.2, 0.25) is 15.9 Å². The fraction of sp³-hybridized carbons (Fsp3) is 0.400. The minimum atomic E-state index is -3.70. The fourth-order valence-electron chi connectivity index (χ4n) is 4.06. The fourth-order valence-corrected chi connectivity index (χ4v) is 5.60. The summed E-state index contributed by atoms with van der Waals surface area (Å²) in [4.78, 5) is 25.6. The molecule has 0 unspecified atom stereocenters. The van der Waals surface area contributed by atoms with Crippen LogP contribution in [0.5, 0.6) is 5.75 Å². The molecule has 186 valence electrons. The number of carbonyl (C=O) groups excluding carboxylic acids is 2. The first-order chi connectivity index (χ1) is 16.8. The number of hydrogen-bond acceptors (Lipinski definition) is 6. The van der Waals surface area contributed by atoms with Crippen LogP contribution < -0.4 is 15.1 Å². The van der Waals surface area contributed by atoms with Crippen molar-refractivity contribution < 1.29 is 22.7 Å². The van der Waals surface area contributed by atoms with E-state index in [2.05, 4.69) is 10.4 Å². The molecule has 0 spiro atoms. The number of nitrogens with zero attached hydrogens (tertiary/aromatic N) is 3. The van der Waals surface area contributed by atoms with Crippen molar-refractivity contribution >= 4 is 38.9 Å². The Balaban J connectivity index is 1.63. The molecule has 1 N–H and O–H groups in total. The van der Waals surface area contributed by atoms with E-state index in [1.807, 2.05) is 19.9 Å². The normalized spacial score (nSPS) is 17.3. The van der Waals surface area contributed by atoms with Crippen LogP contribution >= 0.6 is 0 Å². The molecule has 0 bridgehead atoms. The second-order valence-corrected chi connectivity index (χ2v) is 10.8. The van der Waals surface area contributed by atoms with Crippen molar-refractivity contribution in [1.29, 1.82) is 0 Å². The van der Waals surface area contributed by atoms with Gasteiger partial charge >= 0.3 is 0 Å². The molecule has 2 aromatic carbocycles. The highest BCUT2D eigenvalue weighted by atomic mass is 32.2. The molecule has 2 aliphatic heterocycles. The van der Waals surface area contributed by atoms with Gasteiger partial charge in [0.05, 0.1) is 22.4 Å². The molecule has 9 nitrogen and oxygen atoms in total. The van der Waals surface area contributed by atoms with Gasteiger partial charge in [-0.2, -0.15) is 9.41 Å². The van der Waals surface area contributed by atoms with Crippen molar-refractivity contribution in [3.63, 3.8) is 0 Å². The molecule has 10 heteroatoms. The number of rotatable bonds is 7. The lowest BCUT2D eigenvalue weighted by molar-refractivity contribution is -0.118. The average Bonchev–Trinajstić information content (AvgIpc) is 2.86. The van der Waals surface area contributed by atoms with Gasteiger partial charge < -0.3 is 10.1 Å². The van der Waals surface area contributed by atoms with E-state index < -0.39 is 15.9 Å². The topological polar surface area (TPSA) is 108 Å². The lowest BCUT2D eigenvalue weighted by Crippen LogP contribution is -2.36. The first kappa shape index (κ1) is 24.9. The highest BCUT2D eigenvalue weighted by Crippen LogP contribution is 2.31. The Morgan fingerprint density at radius 1 is 1.03 bits per heavy atom. The minimum absolute atomic E-state index is 0.0949. The lowest BCUT2D eigenvalue weighted by atomic mass is 10.1. The van der Waals surface area contributed by atoms with Gasteiger partial charge in [-0.15, -0.1) is 0 Å². The second kappa shape index (κ2) is 10.6. The maximum absolute atomic E-state index is 13.2. The molecule has 0 radical (unpaired) electrons. The molecule has 0 atom stereocenters. The largest absolute Gasteiger partial charge is 0.489 e. The molecular formula is C25H30N4O5S. The third-order valence-corrected chi connectivity index (χ3v) is 7.70. The van der Waals surface area contributed by atoms with Crippen molar-refractivity contribution in [3.05, 3.63) is 48.5 Å². The van der Waals surface area contributed by atoms with Gasteiger partial charge in [-0.1, -0.05) is 24.6 Å². The summed E-state index contributed by atoms with van der Waals surface area (Å²) in [6, 6.07) is 13.4. The molecule has 1 saturated heterocycles. The summed E-state index contributed by atoms with van der Waals surface area (Å²) in [5.41, 5.74) is 0.988. The molecule has 0 aromatic heterocycles. The summed E-state index contributed by atoms with van der Waals surface area (Å²) >= 11 is 0. The molecule has 2 amide bonds. The van der Waals surface area contributed by atoms with Crippen LogP contribution in [0.2, 0.25) is 0 Å². The zero-order valence-corrected chi connectivity index (χ0v) is 20.8. The van der Waals surface area contributed by atoms with Gasteiger partial charge in [0.1, 0.15) is 11.5 Å². The predicted octanol–water partition coefficient (Wildman–Crippen LogP) is 3.77. The van der Waals surface area contributed by atoms with E-state index in [9.17, 15) is 18.0 Å². The zero-order chi connectivity index (χ0) is 25.0. The van der Waals surface area contributed by atoms with Crippen molar-refractivity contribution in [2.24, 2.45) is 5.10 Å². The Kier molecular flexibility index (Phi) is 7.51. The SMILES string of the molecule is CC(C)Oc1ccc(S(=O)(=O)N2CCCCC2)cc1NC(=O)C1=NN(c2ccccc2)C(=O)CC1. The lowest BCUT2D eigenvalue weighted by Gasteiger charge is -2.26. The predicted molar refractivity (Wildman–Crippen MR) is 134 cm³/mol. The standard InChI is InChI=1S/C25H30N4O5S/c1-18(2)34-23-13-11-20(35(32,33)28-15-7-4-8-16-28)17-22(23)26-25(31)21-12-14-24(30)29(27-21)19-9-5-3-6-10-19/h3,5-6,9-11,13,17-18H,4,7-8,12,14-16H2,1-2H3,(H,26,31). The third kappa shape index (κ3) is 5.71. The van der Waals surface area contributed by atoms with E-state index in [0.29, 0.717) is 24.5 Å². The van der Waals surface area contributed by atoms with Gasteiger partial charge in [0, 0.05) is 25.9 Å². The molecule has 35 heavy (non-hydrogen) atoms. The van der Waals surface area contributed by atoms with E-state index in [1.165, 1.54) is 21.4 Å². The monoisotopic (exact) mass is 498 g/mol.